The van der Waals surface area contributed by atoms with Crippen molar-refractivity contribution in [2.24, 2.45) is 0 Å². The predicted molar refractivity (Wildman–Crippen MR) is 105 cm³/mol. The smallest absolute Gasteiger partial charge is 0.272 e. The lowest BCUT2D eigenvalue weighted by Crippen LogP contribution is -2.31. The van der Waals surface area contributed by atoms with Gasteiger partial charge < -0.3 is 15.2 Å². The fourth-order valence-electron chi connectivity index (χ4n) is 3.10. The van der Waals surface area contributed by atoms with Crippen LogP contribution in [0.25, 0.3) is 10.9 Å². The van der Waals surface area contributed by atoms with Crippen LogP contribution in [0.4, 0.5) is 5.82 Å². The van der Waals surface area contributed by atoms with Crippen LogP contribution >= 0.6 is 0 Å². The van der Waals surface area contributed by atoms with Gasteiger partial charge in [-0.25, -0.2) is 9.97 Å². The third-order valence-corrected chi connectivity index (χ3v) is 4.48. The quantitative estimate of drug-likeness (QED) is 0.684. The molecule has 0 aliphatic carbocycles. The van der Waals surface area contributed by atoms with Crippen molar-refractivity contribution >= 4 is 22.6 Å². The zero-order valence-electron chi connectivity index (χ0n) is 15.5. The van der Waals surface area contributed by atoms with E-state index in [1.807, 2.05) is 39.1 Å². The third-order valence-electron chi connectivity index (χ3n) is 4.48. The molecular weight excluding hydrogens is 326 g/mol. The van der Waals surface area contributed by atoms with Crippen molar-refractivity contribution < 1.29 is 4.79 Å². The lowest BCUT2D eigenvalue weighted by atomic mass is 10.1. The normalized spacial score (nSPS) is 10.9. The monoisotopic (exact) mass is 351 g/mol. The highest BCUT2D eigenvalue weighted by atomic mass is 16.2. The number of carbonyl (C=O) groups excluding carboxylic acids is 1. The molecule has 6 nitrogen and oxygen atoms in total. The van der Waals surface area contributed by atoms with Crippen LogP contribution in [-0.4, -0.2) is 45.4 Å². The first kappa shape index (κ1) is 17.9. The van der Waals surface area contributed by atoms with Gasteiger partial charge in [-0.05, 0) is 38.8 Å². The van der Waals surface area contributed by atoms with Crippen LogP contribution in [0.15, 0.2) is 36.5 Å². The van der Waals surface area contributed by atoms with Gasteiger partial charge in [0, 0.05) is 42.8 Å². The average Bonchev–Trinajstić information content (AvgIpc) is 3.05. The number of carbonyl (C=O) groups is 1. The molecule has 0 atom stereocenters. The van der Waals surface area contributed by atoms with Gasteiger partial charge in [-0.15, -0.1) is 0 Å². The summed E-state index contributed by atoms with van der Waals surface area (Å²) in [7, 11) is 0. The molecule has 0 unspecified atom stereocenters. The van der Waals surface area contributed by atoms with Crippen LogP contribution in [0.1, 0.15) is 35.7 Å². The molecule has 0 saturated carbocycles. The zero-order valence-corrected chi connectivity index (χ0v) is 15.5. The standard InChI is InChI=1S/C20H25N5O/c1-4-25(5-2)20(26)18-12-19(24-14(3)23-18)21-11-10-15-13-22-17-9-7-6-8-16(15)17/h6-9,12-13,22H,4-5,10-11H2,1-3H3,(H,21,23,24). The molecule has 2 N–H and O–H groups in total. The van der Waals surface area contributed by atoms with E-state index in [2.05, 4.69) is 32.4 Å². The third kappa shape index (κ3) is 3.85. The molecule has 0 spiro atoms. The van der Waals surface area contributed by atoms with E-state index >= 15 is 0 Å². The Labute approximate surface area is 153 Å². The maximum Gasteiger partial charge on any atom is 0.272 e. The molecular formula is C20H25N5O. The molecule has 1 amide bonds. The summed E-state index contributed by atoms with van der Waals surface area (Å²) in [6.07, 6.45) is 2.92. The minimum Gasteiger partial charge on any atom is -0.370 e. The molecule has 0 radical (unpaired) electrons. The van der Waals surface area contributed by atoms with Crippen LogP contribution in [0, 0.1) is 6.92 Å². The molecule has 2 aromatic heterocycles. The molecule has 2 heterocycles. The number of nitrogens with zero attached hydrogens (tertiary/aromatic N) is 3. The van der Waals surface area contributed by atoms with Crippen molar-refractivity contribution in [2.45, 2.75) is 27.2 Å². The highest BCUT2D eigenvalue weighted by Gasteiger charge is 2.15. The van der Waals surface area contributed by atoms with Crippen LogP contribution in [0.3, 0.4) is 0 Å². The van der Waals surface area contributed by atoms with Crippen molar-refractivity contribution in [3.05, 3.63) is 53.6 Å². The Morgan fingerprint density at radius 1 is 1.19 bits per heavy atom. The number of rotatable bonds is 7. The van der Waals surface area contributed by atoms with E-state index in [-0.39, 0.29) is 5.91 Å². The first-order valence-electron chi connectivity index (χ1n) is 9.06. The first-order valence-corrected chi connectivity index (χ1v) is 9.06. The lowest BCUT2D eigenvalue weighted by Gasteiger charge is -2.18. The number of H-pyrrole nitrogens is 1. The maximum absolute atomic E-state index is 12.5. The van der Waals surface area contributed by atoms with Gasteiger partial charge in [-0.3, -0.25) is 4.79 Å². The topological polar surface area (TPSA) is 73.9 Å². The van der Waals surface area contributed by atoms with E-state index < -0.39 is 0 Å². The highest BCUT2D eigenvalue weighted by molar-refractivity contribution is 5.93. The number of aromatic amines is 1. The number of hydrogen-bond donors (Lipinski definition) is 2. The van der Waals surface area contributed by atoms with Crippen molar-refractivity contribution in [3.63, 3.8) is 0 Å². The number of benzene rings is 1. The predicted octanol–water partition coefficient (Wildman–Crippen LogP) is 3.40. The molecule has 6 heteroatoms. The van der Waals surface area contributed by atoms with Crippen LogP contribution in [0.2, 0.25) is 0 Å². The minimum atomic E-state index is -0.0554. The van der Waals surface area contributed by atoms with E-state index in [1.54, 1.807) is 11.0 Å². The van der Waals surface area contributed by atoms with E-state index in [4.69, 9.17) is 0 Å². The fourth-order valence-corrected chi connectivity index (χ4v) is 3.10. The largest absolute Gasteiger partial charge is 0.370 e. The van der Waals surface area contributed by atoms with Gasteiger partial charge in [-0.1, -0.05) is 18.2 Å². The zero-order chi connectivity index (χ0) is 18.5. The van der Waals surface area contributed by atoms with Gasteiger partial charge in [0.2, 0.25) is 0 Å². The Bertz CT molecular complexity index is 898. The lowest BCUT2D eigenvalue weighted by molar-refractivity contribution is 0.0766. The number of hydrogen-bond acceptors (Lipinski definition) is 4. The van der Waals surface area contributed by atoms with Crippen LogP contribution < -0.4 is 5.32 Å². The fraction of sp³-hybridized carbons (Fsp3) is 0.350. The van der Waals surface area contributed by atoms with E-state index in [0.29, 0.717) is 30.4 Å². The first-order chi connectivity index (χ1) is 12.6. The molecule has 26 heavy (non-hydrogen) atoms. The molecule has 0 fully saturated rings. The van der Waals surface area contributed by atoms with Gasteiger partial charge >= 0.3 is 0 Å². The molecule has 3 rings (SSSR count). The average molecular weight is 351 g/mol. The second-order valence-electron chi connectivity index (χ2n) is 6.20. The number of amides is 1. The number of para-hydroxylation sites is 1. The summed E-state index contributed by atoms with van der Waals surface area (Å²) in [6, 6.07) is 10.0. The molecule has 136 valence electrons. The summed E-state index contributed by atoms with van der Waals surface area (Å²) >= 11 is 0. The van der Waals surface area contributed by atoms with Gasteiger partial charge in [0.1, 0.15) is 17.3 Å². The molecule has 0 aliphatic rings. The molecule has 3 aromatic rings. The number of aryl methyl sites for hydroxylation is 1. The minimum absolute atomic E-state index is 0.0554. The maximum atomic E-state index is 12.5. The summed E-state index contributed by atoms with van der Waals surface area (Å²) in [5.41, 5.74) is 2.85. The van der Waals surface area contributed by atoms with Gasteiger partial charge in [0.05, 0.1) is 0 Å². The Morgan fingerprint density at radius 3 is 2.73 bits per heavy atom. The Balaban J connectivity index is 1.69. The second-order valence-corrected chi connectivity index (χ2v) is 6.20. The van der Waals surface area contributed by atoms with Crippen molar-refractivity contribution in [1.29, 1.82) is 0 Å². The van der Waals surface area contributed by atoms with Crippen LogP contribution in [-0.2, 0) is 6.42 Å². The molecule has 0 aliphatic heterocycles. The summed E-state index contributed by atoms with van der Waals surface area (Å²) < 4.78 is 0. The van der Waals surface area contributed by atoms with Gasteiger partial charge in [0.25, 0.3) is 5.91 Å². The Kier molecular flexibility index (Phi) is 5.51. The molecule has 0 saturated heterocycles. The number of aromatic nitrogens is 3. The van der Waals surface area contributed by atoms with Crippen molar-refractivity contribution in [2.75, 3.05) is 25.0 Å². The summed E-state index contributed by atoms with van der Waals surface area (Å²) in [5, 5.41) is 4.56. The summed E-state index contributed by atoms with van der Waals surface area (Å²) in [6.45, 7) is 7.82. The van der Waals surface area contributed by atoms with Crippen molar-refractivity contribution in [3.8, 4) is 0 Å². The van der Waals surface area contributed by atoms with E-state index in [0.717, 1.165) is 18.5 Å². The van der Waals surface area contributed by atoms with Gasteiger partial charge in [0.15, 0.2) is 0 Å². The Morgan fingerprint density at radius 2 is 1.96 bits per heavy atom. The Hall–Kier alpha value is -2.89. The number of anilines is 1. The SMILES string of the molecule is CCN(CC)C(=O)c1cc(NCCc2c[nH]c3ccccc23)nc(C)n1. The van der Waals surface area contributed by atoms with E-state index in [9.17, 15) is 4.79 Å². The highest BCUT2D eigenvalue weighted by Crippen LogP contribution is 2.18. The van der Waals surface area contributed by atoms with Crippen molar-refractivity contribution in [1.82, 2.24) is 19.9 Å². The number of fused-ring (bicyclic) bond motifs is 1. The summed E-state index contributed by atoms with van der Waals surface area (Å²) in [4.78, 5) is 26.3. The van der Waals surface area contributed by atoms with E-state index in [1.165, 1.54) is 10.9 Å². The second kappa shape index (κ2) is 7.99. The number of nitrogens with one attached hydrogen (secondary N) is 2. The molecule has 1 aromatic carbocycles. The van der Waals surface area contributed by atoms with Crippen LogP contribution in [0.5, 0.6) is 0 Å². The molecule has 0 bridgehead atoms. The van der Waals surface area contributed by atoms with Gasteiger partial charge in [-0.2, -0.15) is 0 Å². The summed E-state index contributed by atoms with van der Waals surface area (Å²) in [5.74, 6) is 1.23.